The molecule has 120 valence electrons. The fraction of sp³-hybridized carbons (Fsp3) is 0.467. The molecule has 8 heteroatoms. The fourth-order valence-electron chi connectivity index (χ4n) is 3.24. The zero-order valence-corrected chi connectivity index (χ0v) is 13.3. The van der Waals surface area contributed by atoms with Crippen molar-refractivity contribution in [2.75, 3.05) is 23.3 Å². The highest BCUT2D eigenvalue weighted by atomic mass is 32.1. The lowest BCUT2D eigenvalue weighted by atomic mass is 9.92. The lowest BCUT2D eigenvalue weighted by molar-refractivity contribution is -0.126. The van der Waals surface area contributed by atoms with Crippen molar-refractivity contribution in [3.8, 4) is 0 Å². The summed E-state index contributed by atoms with van der Waals surface area (Å²) in [6.45, 7) is 1.72. The molecule has 0 spiro atoms. The van der Waals surface area contributed by atoms with Gasteiger partial charge in [-0.05, 0) is 30.9 Å². The van der Waals surface area contributed by atoms with E-state index in [4.69, 9.17) is 4.74 Å². The van der Waals surface area contributed by atoms with Crippen molar-refractivity contribution in [1.82, 2.24) is 15.2 Å². The summed E-state index contributed by atoms with van der Waals surface area (Å²) in [6.07, 6.45) is 4.80. The van der Waals surface area contributed by atoms with Crippen molar-refractivity contribution in [1.29, 1.82) is 0 Å². The molecule has 0 aromatic carbocycles. The van der Waals surface area contributed by atoms with Gasteiger partial charge in [-0.15, -0.1) is 10.2 Å². The van der Waals surface area contributed by atoms with Crippen LogP contribution in [0.5, 0.6) is 0 Å². The van der Waals surface area contributed by atoms with E-state index in [0.717, 1.165) is 31.1 Å². The smallest absolute Gasteiger partial charge is 0.253 e. The largest absolute Gasteiger partial charge is 0.363 e. The number of nitrogens with one attached hydrogen (secondary N) is 1. The third-order valence-corrected chi connectivity index (χ3v) is 5.14. The third-order valence-electron chi connectivity index (χ3n) is 4.39. The molecule has 2 aromatic rings. The minimum Gasteiger partial charge on any atom is -0.363 e. The SMILES string of the molecule is O=C(Nc1cccnc1)[C@H]1C[C@@H]2CCN(c3nncs3)C[C@H]2O1. The number of amides is 1. The number of piperidine rings is 1. The molecular weight excluding hydrogens is 314 g/mol. The van der Waals surface area contributed by atoms with Crippen LogP contribution in [0, 0.1) is 5.92 Å². The Bertz CT molecular complexity index is 666. The minimum atomic E-state index is -0.389. The number of anilines is 2. The van der Waals surface area contributed by atoms with Crippen LogP contribution < -0.4 is 10.2 Å². The summed E-state index contributed by atoms with van der Waals surface area (Å²) >= 11 is 1.53. The van der Waals surface area contributed by atoms with Crippen molar-refractivity contribution in [2.24, 2.45) is 5.92 Å². The minimum absolute atomic E-state index is 0.0808. The van der Waals surface area contributed by atoms with Gasteiger partial charge in [0, 0.05) is 19.3 Å². The molecular formula is C15H17N5O2S. The van der Waals surface area contributed by atoms with Gasteiger partial charge in [0.25, 0.3) is 5.91 Å². The Labute approximate surface area is 137 Å². The molecule has 2 aromatic heterocycles. The van der Waals surface area contributed by atoms with Gasteiger partial charge in [0.2, 0.25) is 5.13 Å². The van der Waals surface area contributed by atoms with Crippen LogP contribution in [-0.2, 0) is 9.53 Å². The Kier molecular flexibility index (Phi) is 3.92. The number of ether oxygens (including phenoxy) is 1. The molecule has 2 aliphatic rings. The van der Waals surface area contributed by atoms with Crippen LogP contribution >= 0.6 is 11.3 Å². The third kappa shape index (κ3) is 3.04. The molecule has 0 bridgehead atoms. The summed E-state index contributed by atoms with van der Waals surface area (Å²) in [5.41, 5.74) is 2.44. The van der Waals surface area contributed by atoms with Crippen molar-refractivity contribution in [3.63, 3.8) is 0 Å². The molecule has 0 unspecified atom stereocenters. The second kappa shape index (κ2) is 6.21. The highest BCUT2D eigenvalue weighted by molar-refractivity contribution is 7.13. The molecule has 1 N–H and O–H groups in total. The Balaban J connectivity index is 1.38. The maximum Gasteiger partial charge on any atom is 0.253 e. The zero-order valence-electron chi connectivity index (χ0n) is 12.5. The number of hydrogen-bond acceptors (Lipinski definition) is 7. The number of pyridine rings is 1. The van der Waals surface area contributed by atoms with Crippen LogP contribution in [0.3, 0.4) is 0 Å². The van der Waals surface area contributed by atoms with E-state index in [0.29, 0.717) is 11.6 Å². The van der Waals surface area contributed by atoms with Crippen LogP contribution in [-0.4, -0.2) is 46.4 Å². The molecule has 0 aliphatic carbocycles. The highest BCUT2D eigenvalue weighted by Crippen LogP contribution is 2.35. The first-order chi connectivity index (χ1) is 11.3. The maximum absolute atomic E-state index is 12.4. The molecule has 4 heterocycles. The van der Waals surface area contributed by atoms with Crippen molar-refractivity contribution >= 4 is 28.1 Å². The Morgan fingerprint density at radius 1 is 1.48 bits per heavy atom. The Morgan fingerprint density at radius 3 is 3.22 bits per heavy atom. The quantitative estimate of drug-likeness (QED) is 0.919. The van der Waals surface area contributed by atoms with Crippen LogP contribution in [0.25, 0.3) is 0 Å². The molecule has 2 aliphatic heterocycles. The van der Waals surface area contributed by atoms with Crippen LogP contribution in [0.1, 0.15) is 12.8 Å². The van der Waals surface area contributed by atoms with Gasteiger partial charge in [0.15, 0.2) is 0 Å². The number of fused-ring (bicyclic) bond motifs is 1. The maximum atomic E-state index is 12.4. The van der Waals surface area contributed by atoms with E-state index in [1.165, 1.54) is 11.3 Å². The predicted molar refractivity (Wildman–Crippen MR) is 86.4 cm³/mol. The lowest BCUT2D eigenvalue weighted by Crippen LogP contribution is -2.42. The number of aromatic nitrogens is 3. The molecule has 0 radical (unpaired) electrons. The van der Waals surface area contributed by atoms with Gasteiger partial charge in [0.1, 0.15) is 11.6 Å². The molecule has 2 fully saturated rings. The number of hydrogen-bond donors (Lipinski definition) is 1. The van der Waals surface area contributed by atoms with E-state index in [-0.39, 0.29) is 18.1 Å². The van der Waals surface area contributed by atoms with Gasteiger partial charge < -0.3 is 15.0 Å². The van der Waals surface area contributed by atoms with Gasteiger partial charge >= 0.3 is 0 Å². The van der Waals surface area contributed by atoms with Gasteiger partial charge in [-0.3, -0.25) is 9.78 Å². The van der Waals surface area contributed by atoms with E-state index in [2.05, 4.69) is 25.4 Å². The highest BCUT2D eigenvalue weighted by Gasteiger charge is 2.42. The first kappa shape index (κ1) is 14.5. The summed E-state index contributed by atoms with van der Waals surface area (Å²) in [7, 11) is 0. The normalized spacial score (nSPS) is 26.8. The zero-order chi connectivity index (χ0) is 15.6. The molecule has 3 atom stereocenters. The second-order valence-corrected chi connectivity index (χ2v) is 6.66. The summed E-state index contributed by atoms with van der Waals surface area (Å²) in [5.74, 6) is 0.346. The van der Waals surface area contributed by atoms with Gasteiger partial charge in [-0.2, -0.15) is 0 Å². The molecule has 7 nitrogen and oxygen atoms in total. The van der Waals surface area contributed by atoms with Crippen LogP contribution in [0.4, 0.5) is 10.8 Å². The average Bonchev–Trinajstić information content (AvgIpc) is 3.24. The van der Waals surface area contributed by atoms with Crippen molar-refractivity contribution < 1.29 is 9.53 Å². The number of nitrogens with zero attached hydrogens (tertiary/aromatic N) is 4. The predicted octanol–water partition coefficient (Wildman–Crippen LogP) is 1.56. The van der Waals surface area contributed by atoms with Crippen LogP contribution in [0.2, 0.25) is 0 Å². The van der Waals surface area contributed by atoms with Gasteiger partial charge in [-0.1, -0.05) is 11.3 Å². The molecule has 4 rings (SSSR count). The Hall–Kier alpha value is -2.06. The van der Waals surface area contributed by atoms with E-state index in [1.54, 1.807) is 24.0 Å². The summed E-state index contributed by atoms with van der Waals surface area (Å²) < 4.78 is 6.01. The van der Waals surface area contributed by atoms with Gasteiger partial charge in [-0.25, -0.2) is 0 Å². The fourth-order valence-corrected chi connectivity index (χ4v) is 3.84. The average molecular weight is 331 g/mol. The Morgan fingerprint density at radius 2 is 2.43 bits per heavy atom. The summed E-state index contributed by atoms with van der Waals surface area (Å²) in [4.78, 5) is 18.6. The van der Waals surface area contributed by atoms with E-state index in [9.17, 15) is 4.79 Å². The van der Waals surface area contributed by atoms with Crippen molar-refractivity contribution in [3.05, 3.63) is 30.0 Å². The molecule has 1 amide bonds. The number of carbonyl (C=O) groups excluding carboxylic acids is 1. The van der Waals surface area contributed by atoms with E-state index < -0.39 is 0 Å². The number of rotatable bonds is 3. The molecule has 2 saturated heterocycles. The monoisotopic (exact) mass is 331 g/mol. The first-order valence-corrected chi connectivity index (χ1v) is 8.55. The van der Waals surface area contributed by atoms with Crippen LogP contribution in [0.15, 0.2) is 30.0 Å². The molecule has 0 saturated carbocycles. The summed E-state index contributed by atoms with van der Waals surface area (Å²) in [6, 6.07) is 3.62. The topological polar surface area (TPSA) is 80.2 Å². The molecule has 23 heavy (non-hydrogen) atoms. The van der Waals surface area contributed by atoms with Gasteiger partial charge in [0.05, 0.1) is 18.0 Å². The van der Waals surface area contributed by atoms with Crippen molar-refractivity contribution in [2.45, 2.75) is 25.0 Å². The second-order valence-electron chi connectivity index (χ2n) is 5.85. The summed E-state index contributed by atoms with van der Waals surface area (Å²) in [5, 5.41) is 11.8. The number of carbonyl (C=O) groups is 1. The first-order valence-electron chi connectivity index (χ1n) is 7.67. The van der Waals surface area contributed by atoms with E-state index in [1.807, 2.05) is 6.07 Å². The van der Waals surface area contributed by atoms with E-state index >= 15 is 0 Å². The standard InChI is InChI=1S/C15H17N5O2S/c21-14(18-11-2-1-4-16-7-11)12-6-10-3-5-20(8-13(10)22-12)15-19-17-9-23-15/h1-2,4,7,9-10,12-13H,3,5-6,8H2,(H,18,21)/t10-,12+,13+/m0/s1. The lowest BCUT2D eigenvalue weighted by Gasteiger charge is -2.33.